The largest absolute Gasteiger partial charge is 0.507 e. The number of halogens is 3. The highest BCUT2D eigenvalue weighted by molar-refractivity contribution is 9.10. The van der Waals surface area contributed by atoms with Crippen molar-refractivity contribution >= 4 is 27.0 Å². The fraction of sp³-hybridized carbons (Fsp3) is 0. The fourth-order valence-corrected chi connectivity index (χ4v) is 4.06. The van der Waals surface area contributed by atoms with Gasteiger partial charge in [-0.3, -0.25) is 0 Å². The standard InChI is InChI=1S/C24H14BrF2N3O2/c25-13-5-9-21(31)15(11-13)23-17(26)7-8-18(27)24(23)16-12-14(6-10-22(16)32)30-20-4-2-1-3-19(20)28-29-30/h1-12,31-32H. The number of para-hydroxylation sites is 1. The molecule has 4 aromatic carbocycles. The Bertz CT molecular complexity index is 1500. The lowest BCUT2D eigenvalue weighted by Crippen LogP contribution is -1.99. The van der Waals surface area contributed by atoms with E-state index in [0.717, 1.165) is 12.1 Å². The van der Waals surface area contributed by atoms with E-state index >= 15 is 8.78 Å². The lowest BCUT2D eigenvalue weighted by molar-refractivity contribution is 0.475. The molecular weight excluding hydrogens is 480 g/mol. The lowest BCUT2D eigenvalue weighted by atomic mass is 9.92. The van der Waals surface area contributed by atoms with E-state index in [1.54, 1.807) is 22.9 Å². The van der Waals surface area contributed by atoms with Crippen LogP contribution in [0.1, 0.15) is 0 Å². The molecule has 0 bridgehead atoms. The van der Waals surface area contributed by atoms with Crippen molar-refractivity contribution in [2.24, 2.45) is 0 Å². The molecule has 0 unspecified atom stereocenters. The Labute approximate surface area is 189 Å². The topological polar surface area (TPSA) is 71.2 Å². The van der Waals surface area contributed by atoms with Crippen LogP contribution in [0, 0.1) is 11.6 Å². The van der Waals surface area contributed by atoms with Gasteiger partial charge in [0.25, 0.3) is 0 Å². The van der Waals surface area contributed by atoms with Crippen LogP contribution in [0.15, 0.2) is 77.3 Å². The quantitative estimate of drug-likeness (QED) is 0.313. The van der Waals surface area contributed by atoms with Gasteiger partial charge in [-0.1, -0.05) is 33.3 Å². The summed E-state index contributed by atoms with van der Waals surface area (Å²) in [4.78, 5) is 0. The van der Waals surface area contributed by atoms with Crippen LogP contribution < -0.4 is 0 Å². The zero-order valence-corrected chi connectivity index (χ0v) is 17.9. The van der Waals surface area contributed by atoms with Gasteiger partial charge < -0.3 is 10.2 Å². The van der Waals surface area contributed by atoms with Gasteiger partial charge in [0, 0.05) is 26.7 Å². The maximum Gasteiger partial charge on any atom is 0.132 e. The first kappa shape index (κ1) is 20.1. The Hall–Kier alpha value is -3.78. The molecule has 1 heterocycles. The smallest absolute Gasteiger partial charge is 0.132 e. The molecule has 2 N–H and O–H groups in total. The number of aromatic hydroxyl groups is 2. The highest BCUT2D eigenvalue weighted by Crippen LogP contribution is 2.44. The van der Waals surface area contributed by atoms with Crippen LogP contribution in [0.4, 0.5) is 8.78 Å². The number of phenolic OH excluding ortho intramolecular Hbond substituents is 2. The first-order chi connectivity index (χ1) is 15.4. The average Bonchev–Trinajstić information content (AvgIpc) is 3.22. The summed E-state index contributed by atoms with van der Waals surface area (Å²) in [5.41, 5.74) is 1.67. The summed E-state index contributed by atoms with van der Waals surface area (Å²) in [6.45, 7) is 0. The van der Waals surface area contributed by atoms with Crippen LogP contribution >= 0.6 is 15.9 Å². The summed E-state index contributed by atoms with van der Waals surface area (Å²) in [6, 6.07) is 18.2. The minimum Gasteiger partial charge on any atom is -0.507 e. The number of hydrogen-bond donors (Lipinski definition) is 2. The van der Waals surface area contributed by atoms with E-state index < -0.39 is 11.6 Å². The van der Waals surface area contributed by atoms with E-state index in [9.17, 15) is 10.2 Å². The molecule has 5 aromatic rings. The number of hydrogen-bond acceptors (Lipinski definition) is 4. The van der Waals surface area contributed by atoms with E-state index in [0.29, 0.717) is 21.2 Å². The molecule has 0 atom stereocenters. The van der Waals surface area contributed by atoms with Crippen molar-refractivity contribution in [3.05, 3.63) is 88.9 Å². The number of rotatable bonds is 3. The number of nitrogens with zero attached hydrogens (tertiary/aromatic N) is 3. The van der Waals surface area contributed by atoms with Gasteiger partial charge in [-0.25, -0.2) is 13.5 Å². The van der Waals surface area contributed by atoms with E-state index in [2.05, 4.69) is 26.2 Å². The number of phenols is 2. The summed E-state index contributed by atoms with van der Waals surface area (Å²) in [5.74, 6) is -1.97. The van der Waals surface area contributed by atoms with Crippen molar-refractivity contribution in [3.63, 3.8) is 0 Å². The SMILES string of the molecule is Oc1ccc(Br)cc1-c1c(F)ccc(F)c1-c1cc(-n2nnc3ccccc32)ccc1O. The third kappa shape index (κ3) is 3.29. The summed E-state index contributed by atoms with van der Waals surface area (Å²) in [6.07, 6.45) is 0. The van der Waals surface area contributed by atoms with E-state index in [-0.39, 0.29) is 33.8 Å². The van der Waals surface area contributed by atoms with Gasteiger partial charge in [-0.2, -0.15) is 0 Å². The Morgan fingerprint density at radius 2 is 1.38 bits per heavy atom. The molecule has 32 heavy (non-hydrogen) atoms. The lowest BCUT2D eigenvalue weighted by Gasteiger charge is -2.16. The molecule has 0 spiro atoms. The minimum absolute atomic E-state index is 0.0495. The van der Waals surface area contributed by atoms with Crippen molar-refractivity contribution < 1.29 is 19.0 Å². The molecule has 0 aliphatic carbocycles. The maximum absolute atomic E-state index is 15.1. The molecule has 0 fully saturated rings. The third-order valence-corrected chi connectivity index (χ3v) is 5.67. The first-order valence-electron chi connectivity index (χ1n) is 9.55. The Morgan fingerprint density at radius 3 is 2.09 bits per heavy atom. The summed E-state index contributed by atoms with van der Waals surface area (Å²) < 4.78 is 32.3. The van der Waals surface area contributed by atoms with Crippen LogP contribution in [0.3, 0.4) is 0 Å². The first-order valence-corrected chi connectivity index (χ1v) is 10.3. The molecule has 1 aromatic heterocycles. The molecule has 0 amide bonds. The average molecular weight is 494 g/mol. The predicted octanol–water partition coefficient (Wildman–Crippen LogP) is 6.21. The van der Waals surface area contributed by atoms with Gasteiger partial charge >= 0.3 is 0 Å². The van der Waals surface area contributed by atoms with Crippen LogP contribution in [-0.2, 0) is 0 Å². The number of benzene rings is 4. The maximum atomic E-state index is 15.1. The third-order valence-electron chi connectivity index (χ3n) is 5.18. The zero-order chi connectivity index (χ0) is 22.4. The predicted molar refractivity (Wildman–Crippen MR) is 121 cm³/mol. The second kappa shape index (κ2) is 7.72. The molecule has 0 radical (unpaired) electrons. The highest BCUT2D eigenvalue weighted by Gasteiger charge is 2.23. The Morgan fingerprint density at radius 1 is 0.750 bits per heavy atom. The van der Waals surface area contributed by atoms with Crippen molar-refractivity contribution in [3.8, 4) is 39.4 Å². The Kier molecular flexibility index (Phi) is 4.86. The monoisotopic (exact) mass is 493 g/mol. The highest BCUT2D eigenvalue weighted by atomic mass is 79.9. The molecule has 0 aliphatic rings. The second-order valence-corrected chi connectivity index (χ2v) is 8.05. The van der Waals surface area contributed by atoms with E-state index in [1.807, 2.05) is 18.2 Å². The molecule has 158 valence electrons. The second-order valence-electron chi connectivity index (χ2n) is 7.13. The van der Waals surface area contributed by atoms with Crippen LogP contribution in [0.25, 0.3) is 39.0 Å². The number of aromatic nitrogens is 3. The van der Waals surface area contributed by atoms with Crippen molar-refractivity contribution in [1.29, 1.82) is 0 Å². The van der Waals surface area contributed by atoms with Crippen molar-refractivity contribution in [1.82, 2.24) is 15.0 Å². The minimum atomic E-state index is -0.753. The number of fused-ring (bicyclic) bond motifs is 1. The van der Waals surface area contributed by atoms with Gasteiger partial charge in [-0.05, 0) is 60.7 Å². The fourth-order valence-electron chi connectivity index (χ4n) is 3.70. The Balaban J connectivity index is 1.79. The summed E-state index contributed by atoms with van der Waals surface area (Å²) >= 11 is 3.30. The van der Waals surface area contributed by atoms with Gasteiger partial charge in [0.05, 0.1) is 11.2 Å². The summed E-state index contributed by atoms with van der Waals surface area (Å²) in [7, 11) is 0. The van der Waals surface area contributed by atoms with Crippen LogP contribution in [0.2, 0.25) is 0 Å². The molecule has 0 saturated carbocycles. The normalized spacial score (nSPS) is 11.2. The van der Waals surface area contributed by atoms with Crippen LogP contribution in [0.5, 0.6) is 11.5 Å². The van der Waals surface area contributed by atoms with E-state index in [4.69, 9.17) is 0 Å². The summed E-state index contributed by atoms with van der Waals surface area (Å²) in [5, 5.41) is 29.2. The van der Waals surface area contributed by atoms with Gasteiger partial charge in [0.1, 0.15) is 28.7 Å². The molecule has 0 saturated heterocycles. The molecule has 8 heteroatoms. The molecule has 5 rings (SSSR count). The van der Waals surface area contributed by atoms with E-state index in [1.165, 1.54) is 24.3 Å². The van der Waals surface area contributed by atoms with Crippen LogP contribution in [-0.4, -0.2) is 25.2 Å². The molecular formula is C24H14BrF2N3O2. The van der Waals surface area contributed by atoms with Crippen molar-refractivity contribution in [2.75, 3.05) is 0 Å². The van der Waals surface area contributed by atoms with Gasteiger partial charge in [-0.15, -0.1) is 5.10 Å². The van der Waals surface area contributed by atoms with Crippen molar-refractivity contribution in [2.45, 2.75) is 0 Å². The molecule has 0 aliphatic heterocycles. The zero-order valence-electron chi connectivity index (χ0n) is 16.3. The van der Waals surface area contributed by atoms with Gasteiger partial charge in [0.15, 0.2) is 0 Å². The molecule has 5 nitrogen and oxygen atoms in total. The van der Waals surface area contributed by atoms with Gasteiger partial charge in [0.2, 0.25) is 0 Å².